The molecule has 9 nitrogen and oxygen atoms in total. The molecule has 0 fully saturated rings. The lowest BCUT2D eigenvalue weighted by atomic mass is 10.3. The molecule has 0 aliphatic carbocycles. The molecule has 0 saturated heterocycles. The van der Waals surface area contributed by atoms with Gasteiger partial charge in [-0.2, -0.15) is 0 Å². The number of fused-ring (bicyclic) bond motifs is 1. The maximum atomic E-state index is 5.42. The van der Waals surface area contributed by atoms with Crippen molar-refractivity contribution in [2.75, 3.05) is 24.0 Å². The fourth-order valence-corrected chi connectivity index (χ4v) is 2.13. The highest BCUT2D eigenvalue weighted by Crippen LogP contribution is 2.32. The number of rotatable bonds is 3. The highest BCUT2D eigenvalue weighted by Gasteiger charge is 2.23. The van der Waals surface area contributed by atoms with Crippen LogP contribution >= 0.6 is 0 Å². The van der Waals surface area contributed by atoms with E-state index in [1.807, 2.05) is 4.57 Å². The van der Waals surface area contributed by atoms with Crippen LogP contribution in [0.1, 0.15) is 5.82 Å². The molecular formula is C10H14N8O. The molecule has 1 aliphatic rings. The fraction of sp³-hybridized carbons (Fsp3) is 0.400. The molecule has 2 aromatic rings. The largest absolute Gasteiger partial charge is 0.490 e. The molecule has 0 atom stereocenters. The van der Waals surface area contributed by atoms with E-state index in [4.69, 9.17) is 10.6 Å². The summed E-state index contributed by atoms with van der Waals surface area (Å²) in [4.78, 5) is 10.4. The number of aromatic nitrogens is 5. The first-order valence-electron chi connectivity index (χ1n) is 5.80. The van der Waals surface area contributed by atoms with E-state index < -0.39 is 0 Å². The Morgan fingerprint density at radius 1 is 1.37 bits per heavy atom. The standard InChI is InChI=1S/C10H14N8O/c1-19-8-9(15-11)12-5-13-10(8)17-2-3-18-6-14-16-7(18)4-17/h5-6H,2-4,11H2,1H3,(H,12,13,15). The van der Waals surface area contributed by atoms with Gasteiger partial charge < -0.3 is 19.6 Å². The number of methoxy groups -OCH3 is 1. The topological polar surface area (TPSA) is 107 Å². The van der Waals surface area contributed by atoms with Crippen molar-refractivity contribution in [2.45, 2.75) is 13.1 Å². The second kappa shape index (κ2) is 4.69. The van der Waals surface area contributed by atoms with Gasteiger partial charge in [0.15, 0.2) is 17.5 Å². The SMILES string of the molecule is COc1c(NN)ncnc1N1CCn2cnnc2C1. The predicted molar refractivity (Wildman–Crippen MR) is 67.5 cm³/mol. The second-order valence-corrected chi connectivity index (χ2v) is 4.09. The molecule has 9 heteroatoms. The molecule has 1 aliphatic heterocycles. The second-order valence-electron chi connectivity index (χ2n) is 4.09. The first kappa shape index (κ1) is 11.7. The summed E-state index contributed by atoms with van der Waals surface area (Å²) in [5.74, 6) is 7.99. The number of nitrogens with two attached hydrogens (primary N) is 1. The Hall–Kier alpha value is -2.42. The first-order valence-corrected chi connectivity index (χ1v) is 5.80. The summed E-state index contributed by atoms with van der Waals surface area (Å²) in [7, 11) is 1.56. The lowest BCUT2D eigenvalue weighted by Crippen LogP contribution is -2.34. The van der Waals surface area contributed by atoms with E-state index in [1.165, 1.54) is 6.33 Å². The summed E-state index contributed by atoms with van der Waals surface area (Å²) in [5.41, 5.74) is 2.50. The quantitative estimate of drug-likeness (QED) is 0.557. The number of nitrogen functional groups attached to an aromatic ring is 1. The molecule has 0 aromatic carbocycles. The Kier molecular flexibility index (Phi) is 2.88. The minimum Gasteiger partial charge on any atom is -0.490 e. The highest BCUT2D eigenvalue weighted by molar-refractivity contribution is 5.64. The van der Waals surface area contributed by atoms with Gasteiger partial charge in [-0.15, -0.1) is 10.2 Å². The van der Waals surface area contributed by atoms with Crippen molar-refractivity contribution >= 4 is 11.6 Å². The van der Waals surface area contributed by atoms with E-state index in [0.29, 0.717) is 23.9 Å². The summed E-state index contributed by atoms with van der Waals surface area (Å²) in [6.07, 6.45) is 3.18. The molecular weight excluding hydrogens is 248 g/mol. The van der Waals surface area contributed by atoms with Crippen molar-refractivity contribution in [1.29, 1.82) is 0 Å². The number of hydrazine groups is 1. The molecule has 0 spiro atoms. The average Bonchev–Trinajstić information content (AvgIpc) is 2.93. The highest BCUT2D eigenvalue weighted by atomic mass is 16.5. The van der Waals surface area contributed by atoms with Crippen LogP contribution in [-0.4, -0.2) is 38.4 Å². The lowest BCUT2D eigenvalue weighted by Gasteiger charge is -2.29. The third-order valence-electron chi connectivity index (χ3n) is 3.06. The molecule has 0 unspecified atom stereocenters. The Labute approximate surface area is 109 Å². The van der Waals surface area contributed by atoms with Crippen LogP contribution in [0.4, 0.5) is 11.6 Å². The number of hydrogen-bond donors (Lipinski definition) is 2. The molecule has 3 rings (SSSR count). The van der Waals surface area contributed by atoms with Gasteiger partial charge in [0, 0.05) is 13.1 Å². The molecule has 0 radical (unpaired) electrons. The van der Waals surface area contributed by atoms with Gasteiger partial charge in [0.2, 0.25) is 5.75 Å². The lowest BCUT2D eigenvalue weighted by molar-refractivity contribution is 0.409. The summed E-state index contributed by atoms with van der Waals surface area (Å²) in [6.45, 7) is 2.22. The minimum absolute atomic E-state index is 0.458. The Balaban J connectivity index is 1.95. The summed E-state index contributed by atoms with van der Waals surface area (Å²) in [6, 6.07) is 0. The Morgan fingerprint density at radius 3 is 3.05 bits per heavy atom. The van der Waals surface area contributed by atoms with Crippen molar-refractivity contribution in [1.82, 2.24) is 24.7 Å². The molecule has 3 heterocycles. The first-order chi connectivity index (χ1) is 9.33. The van der Waals surface area contributed by atoms with Gasteiger partial charge in [-0.1, -0.05) is 0 Å². The van der Waals surface area contributed by atoms with Gasteiger partial charge in [-0.05, 0) is 0 Å². The number of anilines is 2. The Morgan fingerprint density at radius 2 is 2.26 bits per heavy atom. The monoisotopic (exact) mass is 262 g/mol. The van der Waals surface area contributed by atoms with Crippen LogP contribution in [0.25, 0.3) is 0 Å². The van der Waals surface area contributed by atoms with Gasteiger partial charge in [0.05, 0.1) is 13.7 Å². The number of nitrogens with one attached hydrogen (secondary N) is 1. The van der Waals surface area contributed by atoms with E-state index >= 15 is 0 Å². The van der Waals surface area contributed by atoms with Crippen LogP contribution in [-0.2, 0) is 13.1 Å². The van der Waals surface area contributed by atoms with Crippen LogP contribution in [0, 0.1) is 0 Å². The van der Waals surface area contributed by atoms with Crippen molar-refractivity contribution in [3.05, 3.63) is 18.5 Å². The average molecular weight is 262 g/mol. The van der Waals surface area contributed by atoms with Crippen molar-refractivity contribution in [2.24, 2.45) is 5.84 Å². The molecule has 19 heavy (non-hydrogen) atoms. The van der Waals surface area contributed by atoms with Crippen molar-refractivity contribution in [3.63, 3.8) is 0 Å². The van der Waals surface area contributed by atoms with Crippen molar-refractivity contribution < 1.29 is 4.74 Å². The molecule has 0 saturated carbocycles. The number of ether oxygens (including phenoxy) is 1. The van der Waals surface area contributed by atoms with Crippen LogP contribution < -0.4 is 20.9 Å². The third-order valence-corrected chi connectivity index (χ3v) is 3.06. The zero-order valence-electron chi connectivity index (χ0n) is 10.4. The van der Waals surface area contributed by atoms with E-state index in [1.54, 1.807) is 13.4 Å². The normalized spacial score (nSPS) is 14.1. The predicted octanol–water partition coefficient (Wildman–Crippen LogP) is -0.617. The van der Waals surface area contributed by atoms with E-state index in [-0.39, 0.29) is 0 Å². The fourth-order valence-electron chi connectivity index (χ4n) is 2.13. The van der Waals surface area contributed by atoms with Gasteiger partial charge in [-0.25, -0.2) is 15.8 Å². The zero-order chi connectivity index (χ0) is 13.2. The van der Waals surface area contributed by atoms with Crippen LogP contribution in [0.15, 0.2) is 12.7 Å². The molecule has 100 valence electrons. The third kappa shape index (κ3) is 1.93. The minimum atomic E-state index is 0.458. The maximum Gasteiger partial charge on any atom is 0.205 e. The van der Waals surface area contributed by atoms with Crippen LogP contribution in [0.5, 0.6) is 5.75 Å². The van der Waals surface area contributed by atoms with Crippen molar-refractivity contribution in [3.8, 4) is 5.75 Å². The van der Waals surface area contributed by atoms with Crippen LogP contribution in [0.3, 0.4) is 0 Å². The van der Waals surface area contributed by atoms with Gasteiger partial charge in [-0.3, -0.25) is 0 Å². The molecule has 0 amide bonds. The van der Waals surface area contributed by atoms with E-state index in [0.717, 1.165) is 18.9 Å². The number of hydrogen-bond acceptors (Lipinski definition) is 8. The van der Waals surface area contributed by atoms with Crippen LogP contribution in [0.2, 0.25) is 0 Å². The van der Waals surface area contributed by atoms with E-state index in [2.05, 4.69) is 30.5 Å². The zero-order valence-corrected chi connectivity index (χ0v) is 10.4. The van der Waals surface area contributed by atoms with Gasteiger partial charge >= 0.3 is 0 Å². The number of nitrogens with zero attached hydrogens (tertiary/aromatic N) is 6. The molecule has 0 bridgehead atoms. The van der Waals surface area contributed by atoms with Gasteiger partial charge in [0.1, 0.15) is 12.7 Å². The van der Waals surface area contributed by atoms with E-state index in [9.17, 15) is 0 Å². The molecule has 3 N–H and O–H groups in total. The smallest absolute Gasteiger partial charge is 0.205 e. The Bertz CT molecular complexity index is 583. The van der Waals surface area contributed by atoms with Gasteiger partial charge in [0.25, 0.3) is 0 Å². The molecule has 2 aromatic heterocycles. The maximum absolute atomic E-state index is 5.42. The summed E-state index contributed by atoms with van der Waals surface area (Å²) >= 11 is 0. The summed E-state index contributed by atoms with van der Waals surface area (Å²) < 4.78 is 7.36. The summed E-state index contributed by atoms with van der Waals surface area (Å²) in [5, 5.41) is 7.98.